The number of nitrogens with one attached hydrogen (secondary N) is 1. The number of para-hydroxylation sites is 1. The van der Waals surface area contributed by atoms with Crippen LogP contribution in [0.2, 0.25) is 0 Å². The van der Waals surface area contributed by atoms with Crippen LogP contribution in [0.15, 0.2) is 64.2 Å². The molecule has 0 bridgehead atoms. The molecule has 0 unspecified atom stereocenters. The van der Waals surface area contributed by atoms with Gasteiger partial charge in [0.1, 0.15) is 0 Å². The first-order valence-corrected chi connectivity index (χ1v) is 9.27. The summed E-state index contributed by atoms with van der Waals surface area (Å²) in [5, 5.41) is 8.64. The van der Waals surface area contributed by atoms with Gasteiger partial charge < -0.3 is 0 Å². The molecule has 1 N–H and O–H groups in total. The maximum absolute atomic E-state index is 12.6. The molecule has 26 heavy (non-hydrogen) atoms. The maximum Gasteiger partial charge on any atom is 0.292 e. The van der Waals surface area contributed by atoms with E-state index in [0.717, 1.165) is 46.2 Å². The first-order chi connectivity index (χ1) is 12.7. The first-order valence-electron chi connectivity index (χ1n) is 8.47. The molecule has 5 nitrogen and oxygen atoms in total. The highest BCUT2D eigenvalue weighted by Crippen LogP contribution is 2.27. The molecule has 1 aliphatic carbocycles. The molecule has 0 saturated carbocycles. The molecule has 3 aromatic rings. The monoisotopic (exact) mass is 408 g/mol. The van der Waals surface area contributed by atoms with E-state index in [4.69, 9.17) is 0 Å². The van der Waals surface area contributed by atoms with Crippen LogP contribution in [0.4, 0.5) is 0 Å². The second-order valence-corrected chi connectivity index (χ2v) is 7.04. The highest BCUT2D eigenvalue weighted by Gasteiger charge is 2.26. The molecular weight excluding hydrogens is 392 g/mol. The van der Waals surface area contributed by atoms with E-state index in [2.05, 4.69) is 31.6 Å². The van der Waals surface area contributed by atoms with Crippen LogP contribution in [0.5, 0.6) is 0 Å². The van der Waals surface area contributed by atoms with Crippen LogP contribution in [-0.2, 0) is 12.8 Å². The van der Waals surface area contributed by atoms with E-state index in [0.29, 0.717) is 5.69 Å². The Kier molecular flexibility index (Phi) is 4.67. The third-order valence-electron chi connectivity index (χ3n) is 4.37. The molecule has 130 valence electrons. The minimum absolute atomic E-state index is 0.274. The number of halogens is 1. The van der Waals surface area contributed by atoms with Crippen LogP contribution >= 0.6 is 15.9 Å². The number of benzene rings is 2. The summed E-state index contributed by atoms with van der Waals surface area (Å²) < 4.78 is 2.85. The van der Waals surface area contributed by atoms with Gasteiger partial charge in [-0.15, -0.1) is 0 Å². The van der Waals surface area contributed by atoms with Gasteiger partial charge in [-0.1, -0.05) is 46.3 Å². The molecular formula is C20H17BrN4O. The minimum atomic E-state index is -0.274. The quantitative estimate of drug-likeness (QED) is 0.525. The number of fused-ring (bicyclic) bond motifs is 1. The molecule has 0 spiro atoms. The van der Waals surface area contributed by atoms with Crippen molar-refractivity contribution in [3.05, 3.63) is 81.6 Å². The molecule has 0 radical (unpaired) electrons. The summed E-state index contributed by atoms with van der Waals surface area (Å²) in [6.07, 6.45) is 4.48. The predicted molar refractivity (Wildman–Crippen MR) is 105 cm³/mol. The molecule has 1 amide bonds. The van der Waals surface area contributed by atoms with Crippen LogP contribution in [0.3, 0.4) is 0 Å². The number of amides is 1. The average Bonchev–Trinajstić information content (AvgIpc) is 3.25. The van der Waals surface area contributed by atoms with Crippen LogP contribution < -0.4 is 5.43 Å². The van der Waals surface area contributed by atoms with Gasteiger partial charge in [-0.3, -0.25) is 4.79 Å². The lowest BCUT2D eigenvalue weighted by atomic mass is 10.2. The summed E-state index contributed by atoms with van der Waals surface area (Å²) in [5.41, 5.74) is 7.10. The largest absolute Gasteiger partial charge is 0.292 e. The minimum Gasteiger partial charge on any atom is -0.265 e. The van der Waals surface area contributed by atoms with Gasteiger partial charge in [0.15, 0.2) is 5.69 Å². The molecule has 0 fully saturated rings. The number of aromatic nitrogens is 2. The van der Waals surface area contributed by atoms with E-state index in [1.807, 2.05) is 59.3 Å². The predicted octanol–water partition coefficient (Wildman–Crippen LogP) is 3.89. The van der Waals surface area contributed by atoms with Gasteiger partial charge in [-0.2, -0.15) is 10.2 Å². The molecule has 2 aromatic carbocycles. The highest BCUT2D eigenvalue weighted by atomic mass is 79.9. The summed E-state index contributed by atoms with van der Waals surface area (Å²) in [5.74, 6) is -0.274. The van der Waals surface area contributed by atoms with Gasteiger partial charge in [0.05, 0.1) is 11.9 Å². The maximum atomic E-state index is 12.6. The van der Waals surface area contributed by atoms with E-state index in [-0.39, 0.29) is 5.91 Å². The lowest BCUT2D eigenvalue weighted by molar-refractivity contribution is 0.0949. The Hall–Kier alpha value is -2.73. The van der Waals surface area contributed by atoms with Gasteiger partial charge in [0.2, 0.25) is 0 Å². The molecule has 0 atom stereocenters. The van der Waals surface area contributed by atoms with Crippen molar-refractivity contribution in [3.63, 3.8) is 0 Å². The number of hydrazone groups is 1. The molecule has 4 rings (SSSR count). The van der Waals surface area contributed by atoms with Crippen molar-refractivity contribution in [2.24, 2.45) is 5.10 Å². The molecule has 1 heterocycles. The van der Waals surface area contributed by atoms with Crippen LogP contribution in [0.1, 0.15) is 33.7 Å². The lowest BCUT2D eigenvalue weighted by Crippen LogP contribution is -2.20. The Morgan fingerprint density at radius 1 is 1.15 bits per heavy atom. The number of hydrogen-bond acceptors (Lipinski definition) is 3. The Morgan fingerprint density at radius 2 is 2.00 bits per heavy atom. The van der Waals surface area contributed by atoms with Crippen LogP contribution in [-0.4, -0.2) is 21.9 Å². The molecule has 6 heteroatoms. The highest BCUT2D eigenvalue weighted by molar-refractivity contribution is 9.10. The van der Waals surface area contributed by atoms with Gasteiger partial charge in [-0.25, -0.2) is 10.1 Å². The van der Waals surface area contributed by atoms with Crippen molar-refractivity contribution in [2.75, 3.05) is 0 Å². The van der Waals surface area contributed by atoms with E-state index in [1.165, 1.54) is 0 Å². The number of hydrogen-bond donors (Lipinski definition) is 1. The topological polar surface area (TPSA) is 59.3 Å². The number of carbonyl (C=O) groups excluding carboxylic acids is 1. The van der Waals surface area contributed by atoms with Crippen molar-refractivity contribution in [2.45, 2.75) is 19.3 Å². The summed E-state index contributed by atoms with van der Waals surface area (Å²) >= 11 is 3.42. The zero-order valence-electron chi connectivity index (χ0n) is 14.0. The Balaban J connectivity index is 1.57. The third-order valence-corrected chi connectivity index (χ3v) is 4.87. The Labute approximate surface area is 159 Å². The molecule has 1 aliphatic rings. The van der Waals surface area contributed by atoms with Crippen molar-refractivity contribution in [3.8, 4) is 5.69 Å². The van der Waals surface area contributed by atoms with E-state index >= 15 is 0 Å². The summed E-state index contributed by atoms with van der Waals surface area (Å²) in [6, 6.07) is 17.6. The van der Waals surface area contributed by atoms with Gasteiger partial charge in [-0.05, 0) is 49.1 Å². The fraction of sp³-hybridized carbons (Fsp3) is 0.150. The van der Waals surface area contributed by atoms with Crippen molar-refractivity contribution < 1.29 is 4.79 Å². The summed E-state index contributed by atoms with van der Waals surface area (Å²) in [7, 11) is 0. The SMILES string of the molecule is O=C(N/N=C/c1cccc(Br)c1)c1nn(-c2ccccc2)c2c1CCC2. The van der Waals surface area contributed by atoms with Gasteiger partial charge >= 0.3 is 0 Å². The molecule has 0 saturated heterocycles. The Bertz CT molecular complexity index is 979. The zero-order chi connectivity index (χ0) is 17.9. The standard InChI is InChI=1S/C20H17BrN4O/c21-15-7-4-6-14(12-15)13-22-23-20(26)19-17-10-5-11-18(17)25(24-19)16-8-2-1-3-9-16/h1-4,6-9,12-13H,5,10-11H2,(H,23,26)/b22-13+. The van der Waals surface area contributed by atoms with Crippen LogP contribution in [0, 0.1) is 0 Å². The lowest BCUT2D eigenvalue weighted by Gasteiger charge is -2.04. The van der Waals surface area contributed by atoms with Crippen LogP contribution in [0.25, 0.3) is 5.69 Å². The smallest absolute Gasteiger partial charge is 0.265 e. The van der Waals surface area contributed by atoms with Crippen molar-refractivity contribution in [1.82, 2.24) is 15.2 Å². The Morgan fingerprint density at radius 3 is 2.81 bits per heavy atom. The third kappa shape index (κ3) is 3.32. The van der Waals surface area contributed by atoms with E-state index < -0.39 is 0 Å². The number of rotatable bonds is 4. The first kappa shape index (κ1) is 16.7. The summed E-state index contributed by atoms with van der Waals surface area (Å²) in [4.78, 5) is 12.6. The second kappa shape index (κ2) is 7.25. The summed E-state index contributed by atoms with van der Waals surface area (Å²) in [6.45, 7) is 0. The van der Waals surface area contributed by atoms with Gasteiger partial charge in [0.25, 0.3) is 5.91 Å². The van der Waals surface area contributed by atoms with E-state index in [1.54, 1.807) is 6.21 Å². The normalized spacial score (nSPS) is 13.1. The van der Waals surface area contributed by atoms with Crippen molar-refractivity contribution >= 4 is 28.1 Å². The molecule has 1 aromatic heterocycles. The zero-order valence-corrected chi connectivity index (χ0v) is 15.6. The second-order valence-electron chi connectivity index (χ2n) is 6.13. The fourth-order valence-electron chi connectivity index (χ4n) is 3.21. The number of nitrogens with zero attached hydrogens (tertiary/aromatic N) is 3. The fourth-order valence-corrected chi connectivity index (χ4v) is 3.62. The molecule has 0 aliphatic heterocycles. The van der Waals surface area contributed by atoms with E-state index in [9.17, 15) is 4.79 Å². The van der Waals surface area contributed by atoms with Gasteiger partial charge in [0, 0.05) is 15.7 Å². The van der Waals surface area contributed by atoms with Crippen molar-refractivity contribution in [1.29, 1.82) is 0 Å². The number of carbonyl (C=O) groups is 1. The average molecular weight is 409 g/mol.